The summed E-state index contributed by atoms with van der Waals surface area (Å²) in [6.07, 6.45) is 0. The summed E-state index contributed by atoms with van der Waals surface area (Å²) in [6.45, 7) is 1.90. The van der Waals surface area contributed by atoms with Crippen LogP contribution >= 0.6 is 11.3 Å². The lowest BCUT2D eigenvalue weighted by molar-refractivity contribution is -0.116. The van der Waals surface area contributed by atoms with E-state index in [0.717, 1.165) is 26.7 Å². The molecule has 1 amide bonds. The fraction of sp³-hybridized carbons (Fsp3) is 0.111. The minimum Gasteiger partial charge on any atom is -0.493 e. The molecule has 0 radical (unpaired) electrons. The Morgan fingerprint density at radius 2 is 2.12 bits per heavy atom. The predicted octanol–water partition coefficient (Wildman–Crippen LogP) is 4.51. The van der Waals surface area contributed by atoms with Gasteiger partial charge in [0.2, 0.25) is 5.88 Å². The van der Waals surface area contributed by atoms with Gasteiger partial charge >= 0.3 is 0 Å². The number of carbonyl (C=O) groups excluding carboxylic acids is 1. The number of aromatic amines is 1. The Bertz CT molecular complexity index is 1110. The van der Waals surface area contributed by atoms with Crippen LogP contribution in [0.4, 0.5) is 10.8 Å². The molecule has 2 aromatic heterocycles. The van der Waals surface area contributed by atoms with E-state index in [-0.39, 0.29) is 18.1 Å². The number of aromatic nitrogens is 2. The van der Waals surface area contributed by atoms with Crippen LogP contribution in [0.5, 0.6) is 5.88 Å². The van der Waals surface area contributed by atoms with E-state index in [0.29, 0.717) is 5.13 Å². The number of azo groups is 1. The Labute approximate surface area is 152 Å². The van der Waals surface area contributed by atoms with Crippen molar-refractivity contribution in [2.45, 2.75) is 6.92 Å². The third-order valence-electron chi connectivity index (χ3n) is 3.94. The molecule has 7 nitrogen and oxygen atoms in total. The summed E-state index contributed by atoms with van der Waals surface area (Å²) in [5, 5.41) is 22.0. The van der Waals surface area contributed by atoms with E-state index in [2.05, 4.69) is 25.5 Å². The van der Waals surface area contributed by atoms with Crippen LogP contribution in [0.1, 0.15) is 5.56 Å². The summed E-state index contributed by atoms with van der Waals surface area (Å²) in [4.78, 5) is 19.3. The molecule has 0 unspecified atom stereocenters. The van der Waals surface area contributed by atoms with E-state index >= 15 is 0 Å². The molecule has 4 rings (SSSR count). The van der Waals surface area contributed by atoms with Crippen molar-refractivity contribution in [2.24, 2.45) is 10.2 Å². The van der Waals surface area contributed by atoms with Gasteiger partial charge in [0.25, 0.3) is 5.91 Å². The van der Waals surface area contributed by atoms with Gasteiger partial charge in [-0.15, -0.1) is 10.2 Å². The maximum Gasteiger partial charge on any atom is 0.283 e. The van der Waals surface area contributed by atoms with Crippen molar-refractivity contribution in [1.82, 2.24) is 9.97 Å². The third-order valence-corrected chi connectivity index (χ3v) is 4.94. The van der Waals surface area contributed by atoms with Gasteiger partial charge in [-0.3, -0.25) is 4.79 Å². The van der Waals surface area contributed by atoms with E-state index in [1.54, 1.807) is 0 Å². The monoisotopic (exact) mass is 365 g/mol. The largest absolute Gasteiger partial charge is 0.493 e. The number of aromatic hydroxyl groups is 1. The first-order chi connectivity index (χ1) is 12.6. The van der Waals surface area contributed by atoms with Gasteiger partial charge < -0.3 is 15.4 Å². The van der Waals surface area contributed by atoms with E-state index in [9.17, 15) is 9.90 Å². The maximum absolute atomic E-state index is 12.0. The highest BCUT2D eigenvalue weighted by atomic mass is 32.1. The van der Waals surface area contributed by atoms with Crippen LogP contribution in [0.3, 0.4) is 0 Å². The summed E-state index contributed by atoms with van der Waals surface area (Å²) in [7, 11) is 0. The van der Waals surface area contributed by atoms with Crippen molar-refractivity contribution in [3.05, 3.63) is 48.0 Å². The number of nitrogens with zero attached hydrogens (tertiary/aromatic N) is 3. The number of anilines is 1. The highest BCUT2D eigenvalue weighted by Crippen LogP contribution is 2.36. The molecule has 2 aromatic carbocycles. The Hall–Kier alpha value is -3.26. The van der Waals surface area contributed by atoms with E-state index in [1.807, 2.05) is 49.4 Å². The van der Waals surface area contributed by atoms with Crippen LogP contribution in [-0.4, -0.2) is 27.5 Å². The van der Waals surface area contributed by atoms with Crippen LogP contribution in [0.15, 0.2) is 52.7 Å². The molecule has 0 spiro atoms. The van der Waals surface area contributed by atoms with Crippen molar-refractivity contribution in [3.8, 4) is 5.88 Å². The number of benzene rings is 2. The topological polar surface area (TPSA) is 103 Å². The lowest BCUT2D eigenvalue weighted by Crippen LogP contribution is -2.10. The zero-order valence-electron chi connectivity index (χ0n) is 13.9. The van der Waals surface area contributed by atoms with E-state index < -0.39 is 5.91 Å². The van der Waals surface area contributed by atoms with Gasteiger partial charge in [0.05, 0.1) is 15.7 Å². The number of para-hydroxylation sites is 2. The van der Waals surface area contributed by atoms with Crippen LogP contribution < -0.4 is 5.32 Å². The summed E-state index contributed by atoms with van der Waals surface area (Å²) >= 11 is 1.47. The zero-order valence-corrected chi connectivity index (χ0v) is 14.7. The number of hydrogen-bond acceptors (Lipinski definition) is 6. The first-order valence-corrected chi connectivity index (χ1v) is 8.78. The number of fused-ring (bicyclic) bond motifs is 2. The van der Waals surface area contributed by atoms with Crippen LogP contribution in [-0.2, 0) is 4.79 Å². The van der Waals surface area contributed by atoms with Gasteiger partial charge in [-0.05, 0) is 24.6 Å². The minimum atomic E-state index is -0.453. The van der Waals surface area contributed by atoms with Gasteiger partial charge in [0.1, 0.15) is 6.54 Å². The van der Waals surface area contributed by atoms with Gasteiger partial charge in [-0.25, -0.2) is 4.98 Å². The molecule has 3 N–H and O–H groups in total. The molecule has 0 aliphatic rings. The van der Waals surface area contributed by atoms with Crippen LogP contribution in [0.2, 0.25) is 0 Å². The summed E-state index contributed by atoms with van der Waals surface area (Å²) in [5.41, 5.74) is 2.90. The number of nitrogens with one attached hydrogen (secondary N) is 2. The molecule has 4 aromatic rings. The van der Waals surface area contributed by atoms with Crippen molar-refractivity contribution in [1.29, 1.82) is 0 Å². The van der Waals surface area contributed by atoms with Crippen LogP contribution in [0.25, 0.3) is 21.1 Å². The number of amides is 1. The molecular weight excluding hydrogens is 350 g/mol. The second kappa shape index (κ2) is 6.57. The number of H-pyrrole nitrogens is 1. The quantitative estimate of drug-likeness (QED) is 0.463. The molecule has 26 heavy (non-hydrogen) atoms. The van der Waals surface area contributed by atoms with Crippen molar-refractivity contribution in [3.63, 3.8) is 0 Å². The molecule has 0 bridgehead atoms. The second-order valence-electron chi connectivity index (χ2n) is 5.75. The number of aryl methyl sites for hydroxylation is 1. The van der Waals surface area contributed by atoms with Crippen molar-refractivity contribution < 1.29 is 9.90 Å². The Morgan fingerprint density at radius 1 is 1.27 bits per heavy atom. The SMILES string of the molecule is Cc1cccc2c(N=NC(=O)CNc3nc4ccccc4s3)c(O)[nH]c12. The summed E-state index contributed by atoms with van der Waals surface area (Å²) < 4.78 is 1.04. The molecule has 130 valence electrons. The average Bonchev–Trinajstić information content (AvgIpc) is 3.19. The normalized spacial score (nSPS) is 11.6. The molecule has 0 saturated heterocycles. The molecule has 0 aliphatic heterocycles. The van der Waals surface area contributed by atoms with E-state index in [4.69, 9.17) is 0 Å². The highest BCUT2D eigenvalue weighted by Gasteiger charge is 2.12. The highest BCUT2D eigenvalue weighted by molar-refractivity contribution is 7.22. The van der Waals surface area contributed by atoms with E-state index in [1.165, 1.54) is 11.3 Å². The number of thiazole rings is 1. The van der Waals surface area contributed by atoms with Gasteiger partial charge in [0, 0.05) is 5.39 Å². The zero-order chi connectivity index (χ0) is 18.1. The maximum atomic E-state index is 12.0. The van der Waals surface area contributed by atoms with Gasteiger partial charge in [-0.2, -0.15) is 0 Å². The average molecular weight is 365 g/mol. The lowest BCUT2D eigenvalue weighted by Gasteiger charge is -1.97. The molecule has 8 heteroatoms. The van der Waals surface area contributed by atoms with Crippen molar-refractivity contribution >= 4 is 49.2 Å². The molecular formula is C18H15N5O2S. The van der Waals surface area contributed by atoms with Crippen molar-refractivity contribution in [2.75, 3.05) is 11.9 Å². The van der Waals surface area contributed by atoms with Crippen LogP contribution in [0, 0.1) is 6.92 Å². The third kappa shape index (κ3) is 3.02. The fourth-order valence-corrected chi connectivity index (χ4v) is 3.54. The smallest absolute Gasteiger partial charge is 0.283 e. The Kier molecular flexibility index (Phi) is 4.10. The minimum absolute atomic E-state index is 0.0224. The number of carbonyl (C=O) groups is 1. The number of hydrogen-bond donors (Lipinski definition) is 3. The van der Waals surface area contributed by atoms with Gasteiger partial charge in [-0.1, -0.05) is 41.7 Å². The summed E-state index contributed by atoms with van der Waals surface area (Å²) in [5.74, 6) is -0.560. The Morgan fingerprint density at radius 3 is 2.96 bits per heavy atom. The predicted molar refractivity (Wildman–Crippen MR) is 102 cm³/mol. The molecule has 2 heterocycles. The molecule has 0 fully saturated rings. The molecule has 0 atom stereocenters. The molecule has 0 aliphatic carbocycles. The first kappa shape index (κ1) is 16.2. The first-order valence-electron chi connectivity index (χ1n) is 7.96. The summed E-state index contributed by atoms with van der Waals surface area (Å²) in [6, 6.07) is 13.4. The standard InChI is InChI=1S/C18H15N5O2S/c1-10-5-4-6-11-15(10)21-17(25)16(11)23-22-14(24)9-19-18-20-12-7-2-3-8-13(12)26-18/h2-8,21,25H,9H2,1H3,(H,19,20). The number of rotatable bonds is 4. The fourth-order valence-electron chi connectivity index (χ4n) is 2.68. The Balaban J connectivity index is 1.48. The van der Waals surface area contributed by atoms with Gasteiger partial charge in [0.15, 0.2) is 10.8 Å². The molecule has 0 saturated carbocycles. The lowest BCUT2D eigenvalue weighted by atomic mass is 10.1. The second-order valence-corrected chi connectivity index (χ2v) is 6.78.